The molecule has 0 amide bonds. The van der Waals surface area contributed by atoms with Gasteiger partial charge in [0, 0.05) is 22.2 Å². The van der Waals surface area contributed by atoms with Crippen LogP contribution in [0.3, 0.4) is 0 Å². The number of thiocarbonyl (C=S) groups is 1. The largest absolute Gasteiger partial charge is 0.483 e. The standard InChI is InChI=1S/C15H16ClNO2S/c1-5-18-15(20)11-7-12(16)10(4)14(9(11)3)13-6-8(2)17-19-13/h6-7H,5H2,1-4H3. The van der Waals surface area contributed by atoms with Gasteiger partial charge in [0.15, 0.2) is 10.8 Å². The maximum Gasteiger partial charge on any atom is 0.191 e. The molecule has 1 heterocycles. The Labute approximate surface area is 128 Å². The van der Waals surface area contributed by atoms with Crippen LogP contribution in [0.15, 0.2) is 16.7 Å². The van der Waals surface area contributed by atoms with Crippen LogP contribution < -0.4 is 0 Å². The average Bonchev–Trinajstić information content (AvgIpc) is 2.81. The summed E-state index contributed by atoms with van der Waals surface area (Å²) in [6.45, 7) is 8.25. The fraction of sp³-hybridized carbons (Fsp3) is 0.333. The summed E-state index contributed by atoms with van der Waals surface area (Å²) in [6.07, 6.45) is 0. The molecule has 0 aliphatic heterocycles. The minimum absolute atomic E-state index is 0.449. The van der Waals surface area contributed by atoms with E-state index in [0.29, 0.717) is 22.4 Å². The highest BCUT2D eigenvalue weighted by Crippen LogP contribution is 2.35. The quantitative estimate of drug-likeness (QED) is 0.774. The number of ether oxygens (including phenoxy) is 1. The zero-order chi connectivity index (χ0) is 14.9. The second kappa shape index (κ2) is 5.94. The first-order valence-corrected chi connectivity index (χ1v) is 7.14. The molecule has 5 heteroatoms. The molecule has 0 bridgehead atoms. The summed E-state index contributed by atoms with van der Waals surface area (Å²) in [7, 11) is 0. The van der Waals surface area contributed by atoms with E-state index in [1.807, 2.05) is 39.8 Å². The summed E-state index contributed by atoms with van der Waals surface area (Å²) in [5, 5.41) is 5.02. The van der Waals surface area contributed by atoms with E-state index in [1.165, 1.54) is 0 Å². The van der Waals surface area contributed by atoms with Crippen molar-refractivity contribution in [3.05, 3.63) is 39.5 Å². The first kappa shape index (κ1) is 15.0. The number of hydrogen-bond donors (Lipinski definition) is 0. The molecule has 0 N–H and O–H groups in total. The lowest BCUT2D eigenvalue weighted by atomic mass is 9.96. The van der Waals surface area contributed by atoms with Crippen molar-refractivity contribution in [1.82, 2.24) is 5.16 Å². The van der Waals surface area contributed by atoms with Crippen LogP contribution in [-0.4, -0.2) is 16.8 Å². The van der Waals surface area contributed by atoms with Crippen molar-refractivity contribution >= 4 is 28.9 Å². The highest BCUT2D eigenvalue weighted by molar-refractivity contribution is 7.80. The van der Waals surface area contributed by atoms with Crippen LogP contribution in [0.5, 0.6) is 0 Å². The van der Waals surface area contributed by atoms with Crippen molar-refractivity contribution in [1.29, 1.82) is 0 Å². The van der Waals surface area contributed by atoms with Crippen molar-refractivity contribution in [2.45, 2.75) is 27.7 Å². The smallest absolute Gasteiger partial charge is 0.191 e. The van der Waals surface area contributed by atoms with E-state index >= 15 is 0 Å². The summed E-state index contributed by atoms with van der Waals surface area (Å²) in [4.78, 5) is 0. The Kier molecular flexibility index (Phi) is 4.45. The molecule has 1 aromatic heterocycles. The highest BCUT2D eigenvalue weighted by Gasteiger charge is 2.19. The average molecular weight is 310 g/mol. The molecule has 0 saturated carbocycles. The molecule has 106 valence electrons. The molecule has 0 unspecified atom stereocenters. The number of nitrogens with zero attached hydrogens (tertiary/aromatic N) is 1. The van der Waals surface area contributed by atoms with Crippen LogP contribution in [0.25, 0.3) is 11.3 Å². The molecular weight excluding hydrogens is 294 g/mol. The monoisotopic (exact) mass is 309 g/mol. The first-order valence-electron chi connectivity index (χ1n) is 6.36. The third-order valence-corrected chi connectivity index (χ3v) is 3.88. The zero-order valence-corrected chi connectivity index (χ0v) is 13.5. The number of halogens is 1. The summed E-state index contributed by atoms with van der Waals surface area (Å²) >= 11 is 11.6. The van der Waals surface area contributed by atoms with Gasteiger partial charge in [-0.3, -0.25) is 0 Å². The summed E-state index contributed by atoms with van der Waals surface area (Å²) in [5.74, 6) is 0.695. The molecule has 20 heavy (non-hydrogen) atoms. The Hall–Kier alpha value is -1.39. The lowest BCUT2D eigenvalue weighted by Crippen LogP contribution is -2.07. The van der Waals surface area contributed by atoms with E-state index in [0.717, 1.165) is 27.9 Å². The van der Waals surface area contributed by atoms with Gasteiger partial charge < -0.3 is 9.26 Å². The summed E-state index contributed by atoms with van der Waals surface area (Å²) in [6, 6.07) is 3.73. The number of aryl methyl sites for hydroxylation is 1. The number of hydrogen-bond acceptors (Lipinski definition) is 4. The van der Waals surface area contributed by atoms with Gasteiger partial charge in [-0.2, -0.15) is 0 Å². The van der Waals surface area contributed by atoms with E-state index in [-0.39, 0.29) is 0 Å². The van der Waals surface area contributed by atoms with E-state index in [1.54, 1.807) is 0 Å². The second-order valence-corrected chi connectivity index (χ2v) is 5.36. The molecule has 0 aliphatic carbocycles. The Morgan fingerprint density at radius 2 is 2.00 bits per heavy atom. The van der Waals surface area contributed by atoms with Gasteiger partial charge in [0.2, 0.25) is 0 Å². The Morgan fingerprint density at radius 1 is 1.30 bits per heavy atom. The van der Waals surface area contributed by atoms with Crippen LogP contribution in [0, 0.1) is 20.8 Å². The van der Waals surface area contributed by atoms with E-state index < -0.39 is 0 Å². The predicted octanol–water partition coefficient (Wildman–Crippen LogP) is 4.63. The first-order chi connectivity index (χ1) is 9.45. The van der Waals surface area contributed by atoms with Gasteiger partial charge in [-0.15, -0.1) is 0 Å². The molecule has 0 aliphatic rings. The van der Waals surface area contributed by atoms with E-state index in [9.17, 15) is 0 Å². The van der Waals surface area contributed by atoms with Gasteiger partial charge in [-0.25, -0.2) is 0 Å². The molecule has 2 rings (SSSR count). The third-order valence-electron chi connectivity index (χ3n) is 3.15. The van der Waals surface area contributed by atoms with Gasteiger partial charge in [0.25, 0.3) is 0 Å². The van der Waals surface area contributed by atoms with Gasteiger partial charge in [-0.1, -0.05) is 16.8 Å². The fourth-order valence-electron chi connectivity index (χ4n) is 2.15. The molecule has 1 aromatic carbocycles. The van der Waals surface area contributed by atoms with Crippen LogP contribution >= 0.6 is 23.8 Å². The van der Waals surface area contributed by atoms with E-state index in [4.69, 9.17) is 33.1 Å². The molecule has 0 radical (unpaired) electrons. The predicted molar refractivity (Wildman–Crippen MR) is 84.5 cm³/mol. The molecule has 0 fully saturated rings. The topological polar surface area (TPSA) is 35.3 Å². The molecule has 0 saturated heterocycles. The van der Waals surface area contributed by atoms with Crippen molar-refractivity contribution < 1.29 is 9.26 Å². The van der Waals surface area contributed by atoms with Gasteiger partial charge in [0.05, 0.1) is 12.3 Å². The van der Waals surface area contributed by atoms with Crippen LogP contribution in [0.1, 0.15) is 29.3 Å². The van der Waals surface area contributed by atoms with Crippen molar-refractivity contribution in [3.63, 3.8) is 0 Å². The van der Waals surface area contributed by atoms with Crippen LogP contribution in [-0.2, 0) is 4.74 Å². The van der Waals surface area contributed by atoms with E-state index in [2.05, 4.69) is 5.16 Å². The van der Waals surface area contributed by atoms with Gasteiger partial charge >= 0.3 is 0 Å². The van der Waals surface area contributed by atoms with Gasteiger partial charge in [-0.05, 0) is 57.1 Å². The Balaban J connectivity index is 2.64. The van der Waals surface area contributed by atoms with Crippen molar-refractivity contribution in [3.8, 4) is 11.3 Å². The van der Waals surface area contributed by atoms with Gasteiger partial charge in [0.1, 0.15) is 0 Å². The Morgan fingerprint density at radius 3 is 2.55 bits per heavy atom. The summed E-state index contributed by atoms with van der Waals surface area (Å²) in [5.41, 5.74) is 4.51. The number of rotatable bonds is 3. The maximum absolute atomic E-state index is 6.31. The third kappa shape index (κ3) is 2.72. The normalized spacial score (nSPS) is 10.7. The molecule has 0 spiro atoms. The van der Waals surface area contributed by atoms with Crippen molar-refractivity contribution in [2.75, 3.05) is 6.61 Å². The lowest BCUT2D eigenvalue weighted by molar-refractivity contribution is 0.337. The number of aromatic nitrogens is 1. The minimum atomic E-state index is 0.449. The zero-order valence-electron chi connectivity index (χ0n) is 11.9. The molecular formula is C15H16ClNO2S. The summed E-state index contributed by atoms with van der Waals surface area (Å²) < 4.78 is 10.8. The molecule has 3 nitrogen and oxygen atoms in total. The molecule has 2 aromatic rings. The maximum atomic E-state index is 6.31. The molecule has 0 atom stereocenters. The lowest BCUT2D eigenvalue weighted by Gasteiger charge is -2.15. The van der Waals surface area contributed by atoms with Crippen molar-refractivity contribution in [2.24, 2.45) is 0 Å². The van der Waals surface area contributed by atoms with Crippen LogP contribution in [0.4, 0.5) is 0 Å². The highest BCUT2D eigenvalue weighted by atomic mass is 35.5. The van der Waals surface area contributed by atoms with Crippen LogP contribution in [0.2, 0.25) is 5.02 Å². The fourth-order valence-corrected chi connectivity index (χ4v) is 2.68. The minimum Gasteiger partial charge on any atom is -0.483 e. The SMILES string of the molecule is CCOC(=S)c1cc(Cl)c(C)c(-c2cc(C)no2)c1C. The Bertz CT molecular complexity index is 664. The second-order valence-electron chi connectivity index (χ2n) is 4.58. The number of benzene rings is 1.